The largest absolute Gasteiger partial charge is 0.370 e. The van der Waals surface area contributed by atoms with Crippen LogP contribution in [0.3, 0.4) is 0 Å². The Balaban J connectivity index is 2.28. The van der Waals surface area contributed by atoms with Crippen molar-refractivity contribution < 1.29 is 10.2 Å². The molecule has 0 amide bonds. The van der Waals surface area contributed by atoms with Gasteiger partial charge in [-0.05, 0) is 13.8 Å². The highest BCUT2D eigenvalue weighted by atomic mass is 16.5. The van der Waals surface area contributed by atoms with E-state index in [2.05, 4.69) is 15.3 Å². The topological polar surface area (TPSA) is 132 Å². The molecule has 8 nitrogen and oxygen atoms in total. The Morgan fingerprint density at radius 3 is 2.78 bits per heavy atom. The van der Waals surface area contributed by atoms with E-state index < -0.39 is 17.0 Å². The number of guanidine groups is 2. The van der Waals surface area contributed by atoms with Crippen molar-refractivity contribution >= 4 is 11.9 Å². The molecule has 0 bridgehead atoms. The molecule has 0 radical (unpaired) electrons. The summed E-state index contributed by atoms with van der Waals surface area (Å²) in [5, 5.41) is 23.8. The molecule has 3 aliphatic heterocycles. The smallest absolute Gasteiger partial charge is 0.217 e. The molecule has 0 aromatic carbocycles. The number of hydrogen-bond acceptors (Lipinski definition) is 8. The molecule has 18 heavy (non-hydrogen) atoms. The predicted molar refractivity (Wildman–Crippen MR) is 65.5 cm³/mol. The van der Waals surface area contributed by atoms with E-state index in [0.717, 1.165) is 0 Å². The van der Waals surface area contributed by atoms with Gasteiger partial charge < -0.3 is 31.9 Å². The number of aliphatic hydroxyl groups is 2. The molecular formula is C10H18N6O2. The standard InChI is InChI=1S/C10H18N6O2/c1-5-8(2)10(15-6(11)14-8)9(17,18)3-4-16(10)7(12)13-5/h5,17-18H,3-4H2,1-2H3,(H2,12,13)(H3,11,14,15). The molecule has 1 spiro atoms. The SMILES string of the molecule is CC1N=C(N)N2CCC(O)(O)C23N=C(N)NC13C. The lowest BCUT2D eigenvalue weighted by Gasteiger charge is -2.53. The second-order valence-corrected chi connectivity index (χ2v) is 5.38. The quantitative estimate of drug-likeness (QED) is 0.303. The van der Waals surface area contributed by atoms with Gasteiger partial charge in [-0.3, -0.25) is 0 Å². The number of nitrogens with two attached hydrogens (primary N) is 2. The molecule has 3 atom stereocenters. The van der Waals surface area contributed by atoms with Gasteiger partial charge in [0.15, 0.2) is 11.9 Å². The molecule has 3 unspecified atom stereocenters. The van der Waals surface area contributed by atoms with Gasteiger partial charge in [0.25, 0.3) is 0 Å². The summed E-state index contributed by atoms with van der Waals surface area (Å²) >= 11 is 0. The fourth-order valence-electron chi connectivity index (χ4n) is 3.41. The lowest BCUT2D eigenvalue weighted by Crippen LogP contribution is -2.77. The van der Waals surface area contributed by atoms with Gasteiger partial charge in [-0.15, -0.1) is 0 Å². The van der Waals surface area contributed by atoms with Crippen LogP contribution in [0.5, 0.6) is 0 Å². The molecule has 0 aliphatic carbocycles. The molecule has 0 saturated carbocycles. The van der Waals surface area contributed by atoms with Crippen molar-refractivity contribution in [1.82, 2.24) is 10.2 Å². The minimum Gasteiger partial charge on any atom is -0.370 e. The van der Waals surface area contributed by atoms with Crippen molar-refractivity contribution in [1.29, 1.82) is 0 Å². The van der Waals surface area contributed by atoms with Crippen molar-refractivity contribution in [3.8, 4) is 0 Å². The van der Waals surface area contributed by atoms with Gasteiger partial charge in [0, 0.05) is 13.0 Å². The van der Waals surface area contributed by atoms with Gasteiger partial charge in [0.1, 0.15) is 5.54 Å². The Bertz CT molecular complexity index is 475. The molecule has 1 fully saturated rings. The maximum absolute atomic E-state index is 10.4. The third kappa shape index (κ3) is 0.952. The maximum atomic E-state index is 10.4. The molecule has 0 aromatic heterocycles. The van der Waals surface area contributed by atoms with E-state index in [1.807, 2.05) is 13.8 Å². The first-order valence-electron chi connectivity index (χ1n) is 5.94. The summed E-state index contributed by atoms with van der Waals surface area (Å²) in [5.74, 6) is -1.55. The molecule has 0 aromatic rings. The van der Waals surface area contributed by atoms with Crippen LogP contribution in [0.15, 0.2) is 9.98 Å². The first-order valence-corrected chi connectivity index (χ1v) is 5.94. The van der Waals surface area contributed by atoms with E-state index in [9.17, 15) is 10.2 Å². The van der Waals surface area contributed by atoms with Crippen molar-refractivity contribution in [2.24, 2.45) is 21.5 Å². The molecule has 3 rings (SSSR count). The molecule has 8 heteroatoms. The fraction of sp³-hybridized carbons (Fsp3) is 0.800. The number of nitrogens with one attached hydrogen (secondary N) is 1. The minimum absolute atomic E-state index is 0.143. The summed E-state index contributed by atoms with van der Waals surface area (Å²) in [5.41, 5.74) is 9.54. The Kier molecular flexibility index (Phi) is 1.85. The summed E-state index contributed by atoms with van der Waals surface area (Å²) < 4.78 is 0. The van der Waals surface area contributed by atoms with Gasteiger partial charge in [0.2, 0.25) is 11.4 Å². The second kappa shape index (κ2) is 2.89. The minimum atomic E-state index is -2.00. The van der Waals surface area contributed by atoms with Crippen LogP contribution < -0.4 is 16.8 Å². The number of aliphatic imine (C=N–C) groups is 2. The van der Waals surface area contributed by atoms with Crippen LogP contribution in [-0.4, -0.2) is 56.6 Å². The van der Waals surface area contributed by atoms with Crippen LogP contribution in [0.25, 0.3) is 0 Å². The Hall–Kier alpha value is -1.54. The number of nitrogens with zero attached hydrogens (tertiary/aromatic N) is 3. The highest BCUT2D eigenvalue weighted by molar-refractivity contribution is 5.87. The zero-order chi connectivity index (χ0) is 13.3. The lowest BCUT2D eigenvalue weighted by atomic mass is 9.75. The van der Waals surface area contributed by atoms with Crippen molar-refractivity contribution in [2.45, 2.75) is 43.3 Å². The van der Waals surface area contributed by atoms with E-state index in [4.69, 9.17) is 11.5 Å². The van der Waals surface area contributed by atoms with Crippen molar-refractivity contribution in [2.75, 3.05) is 6.54 Å². The summed E-state index contributed by atoms with van der Waals surface area (Å²) in [4.78, 5) is 10.2. The maximum Gasteiger partial charge on any atom is 0.217 e. The zero-order valence-electron chi connectivity index (χ0n) is 10.4. The van der Waals surface area contributed by atoms with Gasteiger partial charge in [-0.2, -0.15) is 0 Å². The van der Waals surface area contributed by atoms with E-state index in [1.165, 1.54) is 0 Å². The Morgan fingerprint density at radius 1 is 1.44 bits per heavy atom. The Morgan fingerprint density at radius 2 is 2.11 bits per heavy atom. The van der Waals surface area contributed by atoms with Crippen LogP contribution in [-0.2, 0) is 0 Å². The highest BCUT2D eigenvalue weighted by Crippen LogP contribution is 2.51. The summed E-state index contributed by atoms with van der Waals surface area (Å²) in [6.45, 7) is 4.06. The summed E-state index contributed by atoms with van der Waals surface area (Å²) in [7, 11) is 0. The van der Waals surface area contributed by atoms with Crippen molar-refractivity contribution in [3.05, 3.63) is 0 Å². The van der Waals surface area contributed by atoms with E-state index in [1.54, 1.807) is 4.90 Å². The molecule has 3 heterocycles. The van der Waals surface area contributed by atoms with Gasteiger partial charge in [-0.25, -0.2) is 9.98 Å². The van der Waals surface area contributed by atoms with Crippen LogP contribution in [0, 0.1) is 0 Å². The fourth-order valence-corrected chi connectivity index (χ4v) is 3.41. The highest BCUT2D eigenvalue weighted by Gasteiger charge is 2.74. The van der Waals surface area contributed by atoms with E-state index in [-0.39, 0.29) is 24.4 Å². The summed E-state index contributed by atoms with van der Waals surface area (Å²) in [6.07, 6.45) is 0.143. The second-order valence-electron chi connectivity index (χ2n) is 5.38. The van der Waals surface area contributed by atoms with E-state index in [0.29, 0.717) is 6.54 Å². The molecule has 7 N–H and O–H groups in total. The van der Waals surface area contributed by atoms with E-state index >= 15 is 0 Å². The third-order valence-corrected chi connectivity index (χ3v) is 4.47. The Labute approximate surface area is 104 Å². The average Bonchev–Trinajstić information content (AvgIpc) is 2.66. The van der Waals surface area contributed by atoms with Gasteiger partial charge in [0.05, 0.1) is 6.04 Å². The first-order chi connectivity index (χ1) is 8.24. The van der Waals surface area contributed by atoms with Crippen LogP contribution >= 0.6 is 0 Å². The molecular weight excluding hydrogens is 236 g/mol. The van der Waals surface area contributed by atoms with Crippen molar-refractivity contribution in [3.63, 3.8) is 0 Å². The summed E-state index contributed by atoms with van der Waals surface area (Å²) in [6, 6.07) is -0.282. The number of hydrogen-bond donors (Lipinski definition) is 5. The van der Waals surface area contributed by atoms with Crippen LogP contribution in [0.2, 0.25) is 0 Å². The molecule has 1 saturated heterocycles. The normalized spacial score (nSPS) is 44.9. The molecule has 3 aliphatic rings. The number of rotatable bonds is 0. The molecule has 100 valence electrons. The lowest BCUT2D eigenvalue weighted by molar-refractivity contribution is -0.227. The zero-order valence-corrected chi connectivity index (χ0v) is 10.4. The van der Waals surface area contributed by atoms with Crippen LogP contribution in [0.1, 0.15) is 20.3 Å². The predicted octanol–water partition coefficient (Wildman–Crippen LogP) is -2.54. The average molecular weight is 254 g/mol. The van der Waals surface area contributed by atoms with Gasteiger partial charge in [-0.1, -0.05) is 0 Å². The van der Waals surface area contributed by atoms with Gasteiger partial charge >= 0.3 is 0 Å². The first kappa shape index (κ1) is 11.5. The van der Waals surface area contributed by atoms with Crippen LogP contribution in [0.4, 0.5) is 0 Å². The third-order valence-electron chi connectivity index (χ3n) is 4.47. The monoisotopic (exact) mass is 254 g/mol.